The maximum atomic E-state index is 12.6. The molecule has 95 heavy (non-hydrogen) atoms. The molecule has 0 heterocycles. The minimum Gasteiger partial charge on any atom is -0.489 e. The summed E-state index contributed by atoms with van der Waals surface area (Å²) in [6.45, 7) is 51.4. The number of ether oxygens (including phenoxy) is 8. The van der Waals surface area contributed by atoms with Gasteiger partial charge in [0.05, 0.1) is 6.61 Å². The highest BCUT2D eigenvalue weighted by Gasteiger charge is 2.32. The summed E-state index contributed by atoms with van der Waals surface area (Å²) in [6, 6.07) is 34.3. The molecular formula is C81H98O14. The van der Waals surface area contributed by atoms with Crippen LogP contribution in [0.2, 0.25) is 0 Å². The Balaban J connectivity index is 0.000000345. The lowest BCUT2D eigenvalue weighted by atomic mass is 9.74. The topological polar surface area (TPSA) is 176 Å². The molecular weight excluding hydrogens is 1200 g/mol. The number of unbranched alkanes of at least 4 members (excludes halogenated alkanes) is 2. The lowest BCUT2D eigenvalue weighted by molar-refractivity contribution is -0.144. The van der Waals surface area contributed by atoms with Crippen molar-refractivity contribution in [3.8, 4) is 23.0 Å². The van der Waals surface area contributed by atoms with Gasteiger partial charge in [-0.2, -0.15) is 0 Å². The fourth-order valence-electron chi connectivity index (χ4n) is 11.4. The Morgan fingerprint density at radius 3 is 0.958 bits per heavy atom. The predicted molar refractivity (Wildman–Crippen MR) is 375 cm³/mol. The average molecular weight is 1300 g/mol. The van der Waals surface area contributed by atoms with Gasteiger partial charge in [-0.3, -0.25) is 4.79 Å². The van der Waals surface area contributed by atoms with Gasteiger partial charge in [-0.15, -0.1) is 0 Å². The zero-order valence-electron chi connectivity index (χ0n) is 59.2. The molecule has 0 aliphatic rings. The number of aryl methyl sites for hydroxylation is 8. The molecule has 6 aromatic carbocycles. The van der Waals surface area contributed by atoms with Crippen molar-refractivity contribution in [3.05, 3.63) is 237 Å². The van der Waals surface area contributed by atoms with E-state index in [4.69, 9.17) is 33.2 Å². The lowest BCUT2D eigenvalue weighted by Crippen LogP contribution is -2.23. The Labute approximate surface area is 563 Å². The second-order valence-corrected chi connectivity index (χ2v) is 26.6. The zero-order valence-corrected chi connectivity index (χ0v) is 59.2. The van der Waals surface area contributed by atoms with Gasteiger partial charge in [-0.05, 0) is 178 Å². The molecule has 0 aliphatic heterocycles. The Bertz CT molecular complexity index is 3590. The van der Waals surface area contributed by atoms with Crippen LogP contribution in [0.25, 0.3) is 0 Å². The highest BCUT2D eigenvalue weighted by Crippen LogP contribution is 2.42. The van der Waals surface area contributed by atoms with Gasteiger partial charge in [0.25, 0.3) is 0 Å². The number of hydrogen-bond donors (Lipinski definition) is 0. The fraction of sp³-hybridized carbons (Fsp3) is 0.383. The van der Waals surface area contributed by atoms with Gasteiger partial charge in [0, 0.05) is 52.4 Å². The van der Waals surface area contributed by atoms with Gasteiger partial charge < -0.3 is 37.9 Å². The number of esters is 5. The number of carbonyl (C=O) groups excluding carboxylic acids is 6. The normalized spacial score (nSPS) is 12.1. The van der Waals surface area contributed by atoms with E-state index >= 15 is 0 Å². The summed E-state index contributed by atoms with van der Waals surface area (Å²) in [4.78, 5) is 70.1. The summed E-state index contributed by atoms with van der Waals surface area (Å²) in [5.41, 5.74) is 15.5. The van der Waals surface area contributed by atoms with Crippen molar-refractivity contribution in [2.75, 3.05) is 19.8 Å². The quantitative estimate of drug-likeness (QED) is 0.00862. The molecule has 0 aliphatic carbocycles. The van der Waals surface area contributed by atoms with Crippen molar-refractivity contribution in [2.45, 2.75) is 184 Å². The first kappa shape index (κ1) is 76.4. The van der Waals surface area contributed by atoms with Gasteiger partial charge in [0.1, 0.15) is 48.4 Å². The molecule has 14 heteroatoms. The lowest BCUT2D eigenvalue weighted by Gasteiger charge is -2.31. The highest BCUT2D eigenvalue weighted by molar-refractivity contribution is 5.90. The Morgan fingerprint density at radius 2 is 0.663 bits per heavy atom. The third-order valence-corrected chi connectivity index (χ3v) is 17.5. The number of rotatable bonds is 28. The van der Waals surface area contributed by atoms with E-state index in [9.17, 15) is 28.8 Å². The van der Waals surface area contributed by atoms with Gasteiger partial charge in [0.15, 0.2) is 0 Å². The Kier molecular flexibility index (Phi) is 26.7. The van der Waals surface area contributed by atoms with Gasteiger partial charge in [0.2, 0.25) is 0 Å². The molecule has 0 spiro atoms. The van der Waals surface area contributed by atoms with E-state index in [1.165, 1.54) is 22.3 Å². The molecule has 506 valence electrons. The monoisotopic (exact) mass is 1290 g/mol. The molecule has 0 N–H and O–H groups in total. The molecule has 0 bridgehead atoms. The summed E-state index contributed by atoms with van der Waals surface area (Å²) in [5.74, 6) is 0.0469. The van der Waals surface area contributed by atoms with E-state index < -0.39 is 30.0 Å². The Hall–Kier alpha value is -9.30. The molecule has 14 nitrogen and oxygen atoms in total. The highest BCUT2D eigenvalue weighted by atomic mass is 16.7. The molecule has 2 unspecified atom stereocenters. The third-order valence-electron chi connectivity index (χ3n) is 17.5. The molecule has 0 saturated carbocycles. The summed E-state index contributed by atoms with van der Waals surface area (Å²) >= 11 is 0. The van der Waals surface area contributed by atoms with Crippen LogP contribution in [0.4, 0.5) is 4.79 Å². The van der Waals surface area contributed by atoms with Crippen molar-refractivity contribution in [2.24, 2.45) is 0 Å². The predicted octanol–water partition coefficient (Wildman–Crippen LogP) is 17.6. The molecule has 0 radical (unpaired) electrons. The molecule has 6 rings (SSSR count). The van der Waals surface area contributed by atoms with Crippen molar-refractivity contribution in [1.29, 1.82) is 0 Å². The van der Waals surface area contributed by atoms with Crippen LogP contribution in [0, 0.1) is 55.4 Å². The molecule has 6 aromatic rings. The van der Waals surface area contributed by atoms with Crippen LogP contribution >= 0.6 is 0 Å². The summed E-state index contributed by atoms with van der Waals surface area (Å²) < 4.78 is 43.3. The molecule has 0 saturated heterocycles. The van der Waals surface area contributed by atoms with E-state index in [0.29, 0.717) is 30.9 Å². The summed E-state index contributed by atoms with van der Waals surface area (Å²) in [5, 5.41) is 0. The summed E-state index contributed by atoms with van der Waals surface area (Å²) in [7, 11) is 0. The smallest absolute Gasteiger partial charge is 0.489 e. The van der Waals surface area contributed by atoms with Crippen LogP contribution < -0.4 is 18.9 Å². The number of carbonyl (C=O) groups is 6. The van der Waals surface area contributed by atoms with E-state index in [1.807, 2.05) is 67.5 Å². The third kappa shape index (κ3) is 20.1. The molecule has 0 fully saturated rings. The first-order valence-electron chi connectivity index (χ1n) is 32.2. The number of benzene rings is 6. The SMILES string of the molecule is C=CC(=O)OC(C)COc1c(C)cc(C(C)(C)c2ccc(C(C)(C)c3cc(C)c(OCC(C)OC(=O)C=C)c(C)c3)cc2)cc1C.C=CC(=O)OCCCCCC(=O)Oc1c(C)cc(C(C)(C)c2ccc(C(C)(C)c3cc(C)c(OC(=O)OC(=O)C=C)c(C)c3)cc2)cc1C. The van der Waals surface area contributed by atoms with E-state index in [1.54, 1.807) is 13.8 Å². The van der Waals surface area contributed by atoms with Crippen LogP contribution in [0.15, 0.2) is 148 Å². The minimum absolute atomic E-state index is 0.243. The second-order valence-electron chi connectivity index (χ2n) is 26.6. The van der Waals surface area contributed by atoms with Gasteiger partial charge in [-0.25, -0.2) is 24.0 Å². The van der Waals surface area contributed by atoms with Crippen molar-refractivity contribution >= 4 is 36.0 Å². The summed E-state index contributed by atoms with van der Waals surface area (Å²) in [6.07, 6.45) is 4.84. The van der Waals surface area contributed by atoms with Crippen LogP contribution in [-0.4, -0.2) is 68.0 Å². The van der Waals surface area contributed by atoms with Crippen LogP contribution in [0.5, 0.6) is 23.0 Å². The van der Waals surface area contributed by atoms with Crippen molar-refractivity contribution in [1.82, 2.24) is 0 Å². The van der Waals surface area contributed by atoms with Gasteiger partial charge >= 0.3 is 36.0 Å². The van der Waals surface area contributed by atoms with E-state index in [2.05, 4.69) is 171 Å². The fourth-order valence-corrected chi connectivity index (χ4v) is 11.4. The first-order chi connectivity index (χ1) is 44.5. The first-order valence-corrected chi connectivity index (χ1v) is 32.2. The maximum Gasteiger partial charge on any atom is 0.521 e. The minimum atomic E-state index is -1.10. The molecule has 2 atom stereocenters. The van der Waals surface area contributed by atoms with Crippen molar-refractivity contribution < 1.29 is 66.7 Å². The standard InChI is InChI=1S/C41H48O8.C40H50O6/c1-11-34(42)46-21-15-13-14-16-36(44)47-37-26(3)22-32(23-27(37)4)40(7,8)30-17-19-31(20-18-30)41(9,10)33-24-28(5)38(29(6)25-33)49-39(45)48-35(43)12-2;1-13-35(41)45-29(7)23-43-37-25(3)19-33(20-26(37)4)39(9,10)31-15-17-32(18-16-31)40(11,12)34-21-27(5)38(28(6)22-34)44-24-30(8)46-36(42)14-2/h11-12,17-20,22-25H,1-2,13-16,21H2,3-10H3;13-22,29-30H,1-2,23-24H2,3-12H3. The zero-order chi connectivity index (χ0) is 70.9. The van der Waals surface area contributed by atoms with Crippen LogP contribution in [0.3, 0.4) is 0 Å². The van der Waals surface area contributed by atoms with Crippen molar-refractivity contribution in [3.63, 3.8) is 0 Å². The van der Waals surface area contributed by atoms with Crippen LogP contribution in [-0.2, 0) is 64.6 Å². The largest absolute Gasteiger partial charge is 0.521 e. The molecule has 0 amide bonds. The van der Waals surface area contributed by atoms with E-state index in [0.717, 1.165) is 109 Å². The number of hydrogen-bond acceptors (Lipinski definition) is 14. The van der Waals surface area contributed by atoms with E-state index in [-0.39, 0.29) is 59.5 Å². The Morgan fingerprint density at radius 1 is 0.379 bits per heavy atom. The average Bonchev–Trinajstić information content (AvgIpc) is 0.783. The molecule has 0 aromatic heterocycles. The second kappa shape index (κ2) is 33.2. The maximum absolute atomic E-state index is 12.6. The van der Waals surface area contributed by atoms with Crippen LogP contribution in [0.1, 0.15) is 184 Å². The van der Waals surface area contributed by atoms with Gasteiger partial charge in [-0.1, -0.05) is 179 Å².